The van der Waals surface area contributed by atoms with E-state index in [0.717, 1.165) is 16.6 Å². The molecule has 0 radical (unpaired) electrons. The maximum atomic E-state index is 10.9. The van der Waals surface area contributed by atoms with E-state index >= 15 is 0 Å². The summed E-state index contributed by atoms with van der Waals surface area (Å²) in [5.74, 6) is -0.904. The van der Waals surface area contributed by atoms with Crippen LogP contribution in [0.2, 0.25) is 0 Å². The van der Waals surface area contributed by atoms with Crippen molar-refractivity contribution >= 4 is 16.9 Å². The number of carboxylic acids is 1. The molecule has 0 spiro atoms. The second-order valence-electron chi connectivity index (χ2n) is 5.00. The Balaban J connectivity index is 1.96. The highest BCUT2D eigenvalue weighted by molar-refractivity contribution is 5.87. The first-order valence-corrected chi connectivity index (χ1v) is 6.78. The third kappa shape index (κ3) is 2.53. The van der Waals surface area contributed by atoms with E-state index < -0.39 is 5.97 Å². The van der Waals surface area contributed by atoms with Crippen molar-refractivity contribution in [2.45, 2.75) is 13.1 Å². The van der Waals surface area contributed by atoms with Crippen LogP contribution in [0.3, 0.4) is 0 Å². The SMILES string of the molecule is NCc1cccc2ccn(Cc3ccc(C(=O)O)cc3)c12. The third-order valence-corrected chi connectivity index (χ3v) is 3.65. The largest absolute Gasteiger partial charge is 0.478 e. The van der Waals surface area contributed by atoms with Crippen LogP contribution in [0.25, 0.3) is 10.9 Å². The Kier molecular flexibility index (Phi) is 3.46. The molecule has 0 saturated heterocycles. The number of aromatic carboxylic acids is 1. The van der Waals surface area contributed by atoms with Crippen molar-refractivity contribution in [3.8, 4) is 0 Å². The molecule has 0 saturated carbocycles. The molecule has 3 rings (SSSR count). The van der Waals surface area contributed by atoms with Gasteiger partial charge in [0.25, 0.3) is 0 Å². The summed E-state index contributed by atoms with van der Waals surface area (Å²) < 4.78 is 2.15. The second-order valence-corrected chi connectivity index (χ2v) is 5.00. The number of benzene rings is 2. The van der Waals surface area contributed by atoms with E-state index in [2.05, 4.69) is 16.7 Å². The van der Waals surface area contributed by atoms with E-state index in [4.69, 9.17) is 10.8 Å². The lowest BCUT2D eigenvalue weighted by molar-refractivity contribution is 0.0697. The van der Waals surface area contributed by atoms with Crippen molar-refractivity contribution in [1.29, 1.82) is 0 Å². The van der Waals surface area contributed by atoms with Gasteiger partial charge in [-0.15, -0.1) is 0 Å². The minimum atomic E-state index is -0.904. The van der Waals surface area contributed by atoms with Gasteiger partial charge in [0.1, 0.15) is 0 Å². The Bertz CT molecular complexity index is 788. The van der Waals surface area contributed by atoms with Gasteiger partial charge in [0.2, 0.25) is 0 Å². The van der Waals surface area contributed by atoms with Crippen LogP contribution in [0.4, 0.5) is 0 Å². The monoisotopic (exact) mass is 280 g/mol. The van der Waals surface area contributed by atoms with E-state index in [9.17, 15) is 4.79 Å². The first kappa shape index (κ1) is 13.4. The topological polar surface area (TPSA) is 68.2 Å². The van der Waals surface area contributed by atoms with E-state index in [0.29, 0.717) is 18.7 Å². The molecule has 4 nitrogen and oxygen atoms in total. The molecule has 3 aromatic rings. The minimum Gasteiger partial charge on any atom is -0.478 e. The fourth-order valence-electron chi connectivity index (χ4n) is 2.59. The van der Waals surface area contributed by atoms with Gasteiger partial charge in [-0.25, -0.2) is 4.79 Å². The molecule has 0 amide bonds. The van der Waals surface area contributed by atoms with Gasteiger partial charge in [-0.1, -0.05) is 30.3 Å². The summed E-state index contributed by atoms with van der Waals surface area (Å²) in [6.45, 7) is 1.19. The van der Waals surface area contributed by atoms with Gasteiger partial charge < -0.3 is 15.4 Å². The van der Waals surface area contributed by atoms with E-state index in [-0.39, 0.29) is 0 Å². The Morgan fingerprint density at radius 3 is 2.52 bits per heavy atom. The van der Waals surface area contributed by atoms with Crippen LogP contribution >= 0.6 is 0 Å². The molecule has 1 aromatic heterocycles. The Hall–Kier alpha value is -2.59. The molecule has 0 aliphatic carbocycles. The summed E-state index contributed by atoms with van der Waals surface area (Å²) in [7, 11) is 0. The molecule has 0 unspecified atom stereocenters. The summed E-state index contributed by atoms with van der Waals surface area (Å²) in [4.78, 5) is 10.9. The van der Waals surface area contributed by atoms with Gasteiger partial charge in [-0.3, -0.25) is 0 Å². The van der Waals surface area contributed by atoms with Crippen molar-refractivity contribution in [1.82, 2.24) is 4.57 Å². The summed E-state index contributed by atoms with van der Waals surface area (Å²) in [6, 6.07) is 15.1. The van der Waals surface area contributed by atoms with Crippen molar-refractivity contribution in [2.75, 3.05) is 0 Å². The molecular formula is C17H16N2O2. The lowest BCUT2D eigenvalue weighted by atomic mass is 10.1. The highest BCUT2D eigenvalue weighted by Crippen LogP contribution is 2.21. The minimum absolute atomic E-state index is 0.304. The van der Waals surface area contributed by atoms with Gasteiger partial charge in [0.05, 0.1) is 11.1 Å². The van der Waals surface area contributed by atoms with Crippen LogP contribution in [-0.4, -0.2) is 15.6 Å². The van der Waals surface area contributed by atoms with Crippen LogP contribution < -0.4 is 5.73 Å². The standard InChI is InChI=1S/C17H16N2O2/c18-10-15-3-1-2-13-8-9-19(16(13)15)11-12-4-6-14(7-5-12)17(20)21/h1-9H,10-11,18H2,(H,20,21). The van der Waals surface area contributed by atoms with E-state index in [1.807, 2.05) is 30.5 Å². The van der Waals surface area contributed by atoms with E-state index in [1.54, 1.807) is 12.1 Å². The molecule has 3 N–H and O–H groups in total. The molecule has 1 heterocycles. The molecule has 0 aliphatic heterocycles. The smallest absolute Gasteiger partial charge is 0.335 e. The Morgan fingerprint density at radius 1 is 1.10 bits per heavy atom. The predicted octanol–water partition coefficient (Wildman–Crippen LogP) is 2.85. The zero-order valence-electron chi connectivity index (χ0n) is 11.5. The molecule has 0 bridgehead atoms. The zero-order valence-corrected chi connectivity index (χ0v) is 11.5. The van der Waals surface area contributed by atoms with Crippen LogP contribution in [0.15, 0.2) is 54.7 Å². The molecule has 0 atom stereocenters. The number of fused-ring (bicyclic) bond motifs is 1. The number of nitrogens with two attached hydrogens (primary N) is 1. The quantitative estimate of drug-likeness (QED) is 0.772. The van der Waals surface area contributed by atoms with Crippen molar-refractivity contribution in [3.63, 3.8) is 0 Å². The molecule has 0 aliphatic rings. The number of para-hydroxylation sites is 1. The van der Waals surface area contributed by atoms with Crippen LogP contribution in [-0.2, 0) is 13.1 Å². The summed E-state index contributed by atoms with van der Waals surface area (Å²) in [5.41, 5.74) is 9.43. The first-order valence-electron chi connectivity index (χ1n) is 6.78. The Labute approximate surface area is 122 Å². The molecule has 21 heavy (non-hydrogen) atoms. The van der Waals surface area contributed by atoms with Gasteiger partial charge in [0.15, 0.2) is 0 Å². The lowest BCUT2D eigenvalue weighted by Gasteiger charge is -2.09. The normalized spacial score (nSPS) is 10.9. The maximum Gasteiger partial charge on any atom is 0.335 e. The van der Waals surface area contributed by atoms with Crippen molar-refractivity contribution in [2.24, 2.45) is 5.73 Å². The second kappa shape index (κ2) is 5.42. The van der Waals surface area contributed by atoms with Gasteiger partial charge in [0, 0.05) is 19.3 Å². The average Bonchev–Trinajstić information content (AvgIpc) is 2.91. The maximum absolute atomic E-state index is 10.9. The van der Waals surface area contributed by atoms with Gasteiger partial charge >= 0.3 is 5.97 Å². The predicted molar refractivity (Wildman–Crippen MR) is 82.3 cm³/mol. The number of aromatic nitrogens is 1. The fraction of sp³-hybridized carbons (Fsp3) is 0.118. The van der Waals surface area contributed by atoms with Gasteiger partial charge in [-0.2, -0.15) is 0 Å². The van der Waals surface area contributed by atoms with Crippen LogP contribution in [0.5, 0.6) is 0 Å². The number of carbonyl (C=O) groups is 1. The van der Waals surface area contributed by atoms with Crippen molar-refractivity contribution < 1.29 is 9.90 Å². The number of rotatable bonds is 4. The van der Waals surface area contributed by atoms with Crippen molar-refractivity contribution in [3.05, 3.63) is 71.4 Å². The first-order chi connectivity index (χ1) is 10.2. The number of hydrogen-bond acceptors (Lipinski definition) is 2. The summed E-state index contributed by atoms with van der Waals surface area (Å²) in [5, 5.41) is 10.1. The van der Waals surface area contributed by atoms with E-state index in [1.165, 1.54) is 5.39 Å². The highest BCUT2D eigenvalue weighted by atomic mass is 16.4. The number of hydrogen-bond donors (Lipinski definition) is 2. The molecule has 106 valence electrons. The molecule has 0 fully saturated rings. The number of nitrogens with zero attached hydrogens (tertiary/aromatic N) is 1. The molecule has 2 aromatic carbocycles. The third-order valence-electron chi connectivity index (χ3n) is 3.65. The number of carboxylic acid groups (broad SMARTS) is 1. The lowest BCUT2D eigenvalue weighted by Crippen LogP contribution is -2.04. The van der Waals surface area contributed by atoms with Crippen LogP contribution in [0, 0.1) is 0 Å². The van der Waals surface area contributed by atoms with Gasteiger partial charge in [-0.05, 0) is 34.7 Å². The Morgan fingerprint density at radius 2 is 1.86 bits per heavy atom. The average molecular weight is 280 g/mol. The van der Waals surface area contributed by atoms with Crippen LogP contribution in [0.1, 0.15) is 21.5 Å². The summed E-state index contributed by atoms with van der Waals surface area (Å²) in [6.07, 6.45) is 2.04. The summed E-state index contributed by atoms with van der Waals surface area (Å²) >= 11 is 0. The molecule has 4 heteroatoms. The zero-order chi connectivity index (χ0) is 14.8. The molecular weight excluding hydrogens is 264 g/mol. The highest BCUT2D eigenvalue weighted by Gasteiger charge is 2.07. The fourth-order valence-corrected chi connectivity index (χ4v) is 2.59.